The average molecular weight is 380 g/mol. The molecular formula is C23H29N3O2. The van der Waals surface area contributed by atoms with Crippen molar-refractivity contribution in [3.63, 3.8) is 0 Å². The summed E-state index contributed by atoms with van der Waals surface area (Å²) in [5, 5.41) is 6.03. The number of hydrogen-bond acceptors (Lipinski definition) is 3. The van der Waals surface area contributed by atoms with E-state index < -0.39 is 0 Å². The standard InChI is InChI=1S/C23H29N3O2/c1-16-7-9-26(10-8-16)23(28)19-5-4-6-20(14-19)25-22(27)15-24-21-12-17(2)11-18(3)13-21/h4-6,11-14,16,24H,7-10,15H2,1-3H3,(H,25,27). The molecule has 3 rings (SSSR count). The number of rotatable bonds is 5. The van der Waals surface area contributed by atoms with Crippen molar-refractivity contribution < 1.29 is 9.59 Å². The summed E-state index contributed by atoms with van der Waals surface area (Å²) < 4.78 is 0. The Morgan fingerprint density at radius 2 is 1.68 bits per heavy atom. The second-order valence-electron chi connectivity index (χ2n) is 7.83. The Labute approximate surface area is 167 Å². The van der Waals surface area contributed by atoms with Crippen molar-refractivity contribution >= 4 is 23.2 Å². The number of aryl methyl sites for hydroxylation is 2. The van der Waals surface area contributed by atoms with Crippen molar-refractivity contribution in [3.05, 3.63) is 59.2 Å². The van der Waals surface area contributed by atoms with E-state index in [0.29, 0.717) is 17.2 Å². The molecule has 2 amide bonds. The molecule has 1 aliphatic heterocycles. The first kappa shape index (κ1) is 19.9. The maximum atomic E-state index is 12.7. The van der Waals surface area contributed by atoms with Gasteiger partial charge in [0, 0.05) is 30.0 Å². The molecule has 0 atom stereocenters. The molecule has 2 aromatic carbocycles. The molecule has 1 heterocycles. The fraction of sp³-hybridized carbons (Fsp3) is 0.391. The average Bonchev–Trinajstić information content (AvgIpc) is 2.66. The zero-order chi connectivity index (χ0) is 20.1. The van der Waals surface area contributed by atoms with Gasteiger partial charge in [-0.2, -0.15) is 0 Å². The number of carbonyl (C=O) groups excluding carboxylic acids is 2. The summed E-state index contributed by atoms with van der Waals surface area (Å²) in [6, 6.07) is 13.3. The molecule has 2 aromatic rings. The largest absolute Gasteiger partial charge is 0.376 e. The SMILES string of the molecule is Cc1cc(C)cc(NCC(=O)Nc2cccc(C(=O)N3CCC(C)CC3)c2)c1. The maximum Gasteiger partial charge on any atom is 0.253 e. The number of hydrogen-bond donors (Lipinski definition) is 2. The van der Waals surface area contributed by atoms with Crippen molar-refractivity contribution in [1.82, 2.24) is 4.90 Å². The Hall–Kier alpha value is -2.82. The molecular weight excluding hydrogens is 350 g/mol. The third kappa shape index (κ3) is 5.35. The molecule has 148 valence electrons. The molecule has 0 bridgehead atoms. The van der Waals surface area contributed by atoms with E-state index in [1.54, 1.807) is 6.07 Å². The first-order chi connectivity index (χ1) is 13.4. The zero-order valence-corrected chi connectivity index (χ0v) is 16.9. The fourth-order valence-electron chi connectivity index (χ4n) is 3.59. The van der Waals surface area contributed by atoms with Crippen molar-refractivity contribution in [3.8, 4) is 0 Å². The lowest BCUT2D eigenvalue weighted by atomic mass is 9.98. The van der Waals surface area contributed by atoms with Gasteiger partial charge in [0.05, 0.1) is 6.54 Å². The van der Waals surface area contributed by atoms with Crippen LogP contribution in [0.5, 0.6) is 0 Å². The highest BCUT2D eigenvalue weighted by Crippen LogP contribution is 2.20. The lowest BCUT2D eigenvalue weighted by Crippen LogP contribution is -2.37. The molecule has 0 radical (unpaired) electrons. The van der Waals surface area contributed by atoms with Crippen LogP contribution >= 0.6 is 0 Å². The number of piperidine rings is 1. The van der Waals surface area contributed by atoms with Crippen LogP contribution in [-0.2, 0) is 4.79 Å². The quantitative estimate of drug-likeness (QED) is 0.817. The summed E-state index contributed by atoms with van der Waals surface area (Å²) in [4.78, 5) is 26.9. The van der Waals surface area contributed by atoms with E-state index in [1.165, 1.54) is 0 Å². The molecule has 0 spiro atoms. The van der Waals surface area contributed by atoms with Gasteiger partial charge in [0.2, 0.25) is 5.91 Å². The third-order valence-corrected chi connectivity index (χ3v) is 5.14. The highest BCUT2D eigenvalue weighted by atomic mass is 16.2. The van der Waals surface area contributed by atoms with Gasteiger partial charge in [0.25, 0.3) is 5.91 Å². The van der Waals surface area contributed by atoms with Crippen LogP contribution in [0, 0.1) is 19.8 Å². The minimum absolute atomic E-state index is 0.0383. The van der Waals surface area contributed by atoms with E-state index in [9.17, 15) is 9.59 Å². The van der Waals surface area contributed by atoms with Crippen molar-refractivity contribution in [2.75, 3.05) is 30.3 Å². The normalized spacial score (nSPS) is 14.6. The maximum absolute atomic E-state index is 12.7. The predicted octanol–water partition coefficient (Wildman–Crippen LogP) is 4.23. The first-order valence-electron chi connectivity index (χ1n) is 9.92. The Balaban J connectivity index is 1.57. The number of nitrogens with zero attached hydrogens (tertiary/aromatic N) is 1. The van der Waals surface area contributed by atoms with Crippen molar-refractivity contribution in [1.29, 1.82) is 0 Å². The van der Waals surface area contributed by atoms with Crippen LogP contribution in [0.2, 0.25) is 0 Å². The molecule has 1 aliphatic rings. The number of benzene rings is 2. The van der Waals surface area contributed by atoms with Crippen LogP contribution in [-0.4, -0.2) is 36.3 Å². The van der Waals surface area contributed by atoms with Crippen molar-refractivity contribution in [2.45, 2.75) is 33.6 Å². The molecule has 28 heavy (non-hydrogen) atoms. The molecule has 5 nitrogen and oxygen atoms in total. The highest BCUT2D eigenvalue weighted by molar-refractivity contribution is 5.98. The Morgan fingerprint density at radius 3 is 2.36 bits per heavy atom. The van der Waals surface area contributed by atoms with Gasteiger partial charge in [-0.25, -0.2) is 0 Å². The van der Waals surface area contributed by atoms with Gasteiger partial charge in [-0.05, 0) is 74.1 Å². The number of amides is 2. The number of nitrogens with one attached hydrogen (secondary N) is 2. The first-order valence-corrected chi connectivity index (χ1v) is 9.92. The lowest BCUT2D eigenvalue weighted by molar-refractivity contribution is -0.114. The van der Waals surface area contributed by atoms with Crippen LogP contribution in [0.4, 0.5) is 11.4 Å². The van der Waals surface area contributed by atoms with Crippen molar-refractivity contribution in [2.24, 2.45) is 5.92 Å². The minimum Gasteiger partial charge on any atom is -0.376 e. The number of likely N-dealkylation sites (tertiary alicyclic amines) is 1. The summed E-state index contributed by atoms with van der Waals surface area (Å²) in [5.41, 5.74) is 4.50. The summed E-state index contributed by atoms with van der Waals surface area (Å²) in [7, 11) is 0. The van der Waals surface area contributed by atoms with E-state index in [1.807, 2.05) is 49.1 Å². The topological polar surface area (TPSA) is 61.4 Å². The van der Waals surface area contributed by atoms with Gasteiger partial charge in [-0.1, -0.05) is 19.1 Å². The fourth-order valence-corrected chi connectivity index (χ4v) is 3.59. The van der Waals surface area contributed by atoms with E-state index >= 15 is 0 Å². The zero-order valence-electron chi connectivity index (χ0n) is 16.9. The van der Waals surface area contributed by atoms with Gasteiger partial charge in [-0.15, -0.1) is 0 Å². The summed E-state index contributed by atoms with van der Waals surface area (Å²) in [5.74, 6) is 0.575. The molecule has 1 saturated heterocycles. The Bertz CT molecular complexity index is 834. The molecule has 1 fully saturated rings. The Morgan fingerprint density at radius 1 is 1.00 bits per heavy atom. The Kier molecular flexibility index (Phi) is 6.34. The number of carbonyl (C=O) groups is 2. The van der Waals surface area contributed by atoms with Crippen LogP contribution in [0.25, 0.3) is 0 Å². The third-order valence-electron chi connectivity index (χ3n) is 5.14. The molecule has 0 saturated carbocycles. The molecule has 2 N–H and O–H groups in total. The summed E-state index contributed by atoms with van der Waals surface area (Å²) >= 11 is 0. The summed E-state index contributed by atoms with van der Waals surface area (Å²) in [6.07, 6.45) is 2.10. The smallest absolute Gasteiger partial charge is 0.253 e. The lowest BCUT2D eigenvalue weighted by Gasteiger charge is -2.30. The van der Waals surface area contributed by atoms with E-state index in [4.69, 9.17) is 0 Å². The second-order valence-corrected chi connectivity index (χ2v) is 7.83. The van der Waals surface area contributed by atoms with Crippen LogP contribution in [0.1, 0.15) is 41.3 Å². The number of anilines is 2. The van der Waals surface area contributed by atoms with Crippen LogP contribution in [0.15, 0.2) is 42.5 Å². The monoisotopic (exact) mass is 379 g/mol. The van der Waals surface area contributed by atoms with Gasteiger partial charge in [0.15, 0.2) is 0 Å². The highest BCUT2D eigenvalue weighted by Gasteiger charge is 2.21. The van der Waals surface area contributed by atoms with E-state index in [0.717, 1.165) is 42.7 Å². The summed E-state index contributed by atoms with van der Waals surface area (Å²) in [6.45, 7) is 8.06. The van der Waals surface area contributed by atoms with Gasteiger partial charge in [-0.3, -0.25) is 9.59 Å². The molecule has 0 aromatic heterocycles. The second kappa shape index (κ2) is 8.91. The van der Waals surface area contributed by atoms with Crippen LogP contribution < -0.4 is 10.6 Å². The van der Waals surface area contributed by atoms with Gasteiger partial charge >= 0.3 is 0 Å². The molecule has 0 aliphatic carbocycles. The predicted molar refractivity (Wildman–Crippen MR) is 114 cm³/mol. The van der Waals surface area contributed by atoms with Gasteiger partial charge in [0.1, 0.15) is 0 Å². The minimum atomic E-state index is -0.143. The van der Waals surface area contributed by atoms with Crippen LogP contribution in [0.3, 0.4) is 0 Å². The van der Waals surface area contributed by atoms with E-state index in [2.05, 4.69) is 23.6 Å². The van der Waals surface area contributed by atoms with Gasteiger partial charge < -0.3 is 15.5 Å². The van der Waals surface area contributed by atoms with E-state index in [-0.39, 0.29) is 18.4 Å². The molecule has 5 heteroatoms. The molecule has 0 unspecified atom stereocenters.